The van der Waals surface area contributed by atoms with Crippen LogP contribution >= 0.6 is 11.3 Å². The van der Waals surface area contributed by atoms with Crippen LogP contribution in [0, 0.1) is 0 Å². The fraction of sp³-hybridized carbons (Fsp3) is 0.368. The minimum absolute atomic E-state index is 0.0297. The first-order valence-electron chi connectivity index (χ1n) is 8.47. The molecule has 0 spiro atoms. The smallest absolute Gasteiger partial charge is 0.341 e. The van der Waals surface area contributed by atoms with Crippen LogP contribution in [0.1, 0.15) is 41.6 Å². The molecule has 2 heterocycles. The lowest BCUT2D eigenvalue weighted by Crippen LogP contribution is -2.25. The summed E-state index contributed by atoms with van der Waals surface area (Å²) in [5.41, 5.74) is 10.4. The molecule has 1 aliphatic rings. The van der Waals surface area contributed by atoms with Gasteiger partial charge in [-0.3, -0.25) is 4.79 Å². The maximum absolute atomic E-state index is 12.4. The Kier molecular flexibility index (Phi) is 4.81. The quantitative estimate of drug-likeness (QED) is 0.847. The molecule has 0 radical (unpaired) electrons. The number of esters is 1. The van der Waals surface area contributed by atoms with Crippen LogP contribution in [0.2, 0.25) is 0 Å². The Balaban J connectivity index is 2.15. The summed E-state index contributed by atoms with van der Waals surface area (Å²) in [4.78, 5) is 27.1. The summed E-state index contributed by atoms with van der Waals surface area (Å²) in [6.45, 7) is 6.40. The molecule has 0 bridgehead atoms. The predicted octanol–water partition coefficient (Wildman–Crippen LogP) is 3.65. The number of nitrogens with two attached hydrogens (primary N) is 1. The summed E-state index contributed by atoms with van der Waals surface area (Å²) in [5.74, 6) is -0.364. The third kappa shape index (κ3) is 3.02. The lowest BCUT2D eigenvalue weighted by molar-refractivity contribution is -0.116. The number of anilines is 2. The zero-order chi connectivity index (χ0) is 18.1. The number of nitrogens with zero attached hydrogens (tertiary/aromatic N) is 1. The van der Waals surface area contributed by atoms with Gasteiger partial charge in [0.2, 0.25) is 5.91 Å². The molecule has 3 rings (SSSR count). The molecular formula is C19H22N2O3S. The van der Waals surface area contributed by atoms with Gasteiger partial charge in [0.1, 0.15) is 10.6 Å². The van der Waals surface area contributed by atoms with Crippen molar-refractivity contribution in [2.75, 3.05) is 23.8 Å². The van der Waals surface area contributed by atoms with Crippen LogP contribution < -0.4 is 10.6 Å². The second kappa shape index (κ2) is 6.88. The molecule has 0 atom stereocenters. The number of hydrogen-bond acceptors (Lipinski definition) is 5. The van der Waals surface area contributed by atoms with E-state index < -0.39 is 5.97 Å². The molecule has 1 aromatic carbocycles. The van der Waals surface area contributed by atoms with Crippen LogP contribution in [0.3, 0.4) is 0 Å². The highest BCUT2D eigenvalue weighted by molar-refractivity contribution is 7.17. The van der Waals surface area contributed by atoms with E-state index in [2.05, 4.69) is 0 Å². The number of aryl methyl sites for hydroxylation is 1. The number of nitrogen functional groups attached to an aromatic ring is 1. The van der Waals surface area contributed by atoms with Crippen molar-refractivity contribution in [1.29, 1.82) is 0 Å². The number of amides is 1. The minimum Gasteiger partial charge on any atom is -0.462 e. The Morgan fingerprint density at radius 3 is 2.72 bits per heavy atom. The first-order valence-corrected chi connectivity index (χ1v) is 9.29. The molecule has 0 saturated carbocycles. The van der Waals surface area contributed by atoms with Gasteiger partial charge in [0.05, 0.1) is 6.61 Å². The van der Waals surface area contributed by atoms with E-state index in [0.717, 1.165) is 40.1 Å². The van der Waals surface area contributed by atoms with Gasteiger partial charge in [-0.05, 0) is 37.0 Å². The summed E-state index contributed by atoms with van der Waals surface area (Å²) < 4.78 is 5.20. The van der Waals surface area contributed by atoms with Crippen molar-refractivity contribution < 1.29 is 14.3 Å². The molecule has 2 aromatic rings. The fourth-order valence-corrected chi connectivity index (χ4v) is 4.34. The molecule has 1 amide bonds. The van der Waals surface area contributed by atoms with E-state index in [1.54, 1.807) is 18.7 Å². The maximum atomic E-state index is 12.4. The Hall–Kier alpha value is -2.34. The van der Waals surface area contributed by atoms with E-state index in [-0.39, 0.29) is 5.91 Å². The molecular weight excluding hydrogens is 336 g/mol. The van der Waals surface area contributed by atoms with Crippen molar-refractivity contribution in [3.05, 3.63) is 34.2 Å². The molecule has 0 fully saturated rings. The average Bonchev–Trinajstić information content (AvgIpc) is 3.14. The number of fused-ring (bicyclic) bond motifs is 1. The van der Waals surface area contributed by atoms with Crippen LogP contribution in [0.5, 0.6) is 0 Å². The third-order valence-electron chi connectivity index (χ3n) is 4.46. The summed E-state index contributed by atoms with van der Waals surface area (Å²) in [6, 6.07) is 6.04. The molecule has 132 valence electrons. The SMILES string of the molecule is CCOC(=O)c1c(N)sc(CC)c1-c1ccc2c(c1)N(C(C)=O)CC2. The predicted molar refractivity (Wildman–Crippen MR) is 101 cm³/mol. The monoisotopic (exact) mass is 358 g/mol. The third-order valence-corrected chi connectivity index (χ3v) is 5.62. The number of hydrogen-bond donors (Lipinski definition) is 1. The molecule has 0 aliphatic carbocycles. The van der Waals surface area contributed by atoms with Crippen molar-refractivity contribution in [3.63, 3.8) is 0 Å². The Morgan fingerprint density at radius 2 is 2.08 bits per heavy atom. The normalized spacial score (nSPS) is 13.0. The molecule has 2 N–H and O–H groups in total. The average molecular weight is 358 g/mol. The number of benzene rings is 1. The molecule has 25 heavy (non-hydrogen) atoms. The van der Waals surface area contributed by atoms with E-state index in [1.807, 2.05) is 25.1 Å². The number of carbonyl (C=O) groups is 2. The zero-order valence-electron chi connectivity index (χ0n) is 14.7. The van der Waals surface area contributed by atoms with Crippen LogP contribution in [0.25, 0.3) is 11.1 Å². The second-order valence-electron chi connectivity index (χ2n) is 5.98. The highest BCUT2D eigenvalue weighted by Crippen LogP contribution is 2.42. The minimum atomic E-state index is -0.394. The summed E-state index contributed by atoms with van der Waals surface area (Å²) >= 11 is 1.43. The molecule has 0 saturated heterocycles. The molecule has 0 unspecified atom stereocenters. The van der Waals surface area contributed by atoms with E-state index in [1.165, 1.54) is 11.3 Å². The van der Waals surface area contributed by atoms with Gasteiger partial charge in [-0.1, -0.05) is 19.1 Å². The van der Waals surface area contributed by atoms with Crippen LogP contribution in [0.4, 0.5) is 10.7 Å². The van der Waals surface area contributed by atoms with Crippen LogP contribution in [0.15, 0.2) is 18.2 Å². The first-order chi connectivity index (χ1) is 12.0. The van der Waals surface area contributed by atoms with Gasteiger partial charge >= 0.3 is 5.97 Å². The fourth-order valence-electron chi connectivity index (χ4n) is 3.32. The van der Waals surface area contributed by atoms with Gasteiger partial charge < -0.3 is 15.4 Å². The maximum Gasteiger partial charge on any atom is 0.341 e. The summed E-state index contributed by atoms with van der Waals surface area (Å²) in [6.07, 6.45) is 1.63. The number of rotatable bonds is 4. The first kappa shape index (κ1) is 17.5. The van der Waals surface area contributed by atoms with Crippen molar-refractivity contribution in [3.8, 4) is 11.1 Å². The van der Waals surface area contributed by atoms with Gasteiger partial charge in [-0.25, -0.2) is 4.79 Å². The Labute approximate surface area is 151 Å². The Morgan fingerprint density at radius 1 is 1.32 bits per heavy atom. The van der Waals surface area contributed by atoms with E-state index in [4.69, 9.17) is 10.5 Å². The van der Waals surface area contributed by atoms with E-state index >= 15 is 0 Å². The van der Waals surface area contributed by atoms with Crippen molar-refractivity contribution >= 4 is 33.9 Å². The van der Waals surface area contributed by atoms with Gasteiger partial charge in [0.25, 0.3) is 0 Å². The lowest BCUT2D eigenvalue weighted by Gasteiger charge is -2.16. The van der Waals surface area contributed by atoms with Gasteiger partial charge in [0.15, 0.2) is 0 Å². The zero-order valence-corrected chi connectivity index (χ0v) is 15.5. The second-order valence-corrected chi connectivity index (χ2v) is 7.11. The van der Waals surface area contributed by atoms with Gasteiger partial charge in [-0.15, -0.1) is 11.3 Å². The largest absolute Gasteiger partial charge is 0.462 e. The highest BCUT2D eigenvalue weighted by atomic mass is 32.1. The van der Waals surface area contributed by atoms with E-state index in [9.17, 15) is 9.59 Å². The van der Waals surface area contributed by atoms with Crippen molar-refractivity contribution in [1.82, 2.24) is 0 Å². The van der Waals surface area contributed by atoms with E-state index in [0.29, 0.717) is 23.7 Å². The standard InChI is InChI=1S/C19H22N2O3S/c1-4-15-16(17(18(20)25-15)19(23)24-5-2)13-7-6-12-8-9-21(11(3)22)14(12)10-13/h6-7,10H,4-5,8-9,20H2,1-3H3. The van der Waals surface area contributed by atoms with Crippen LogP contribution in [-0.4, -0.2) is 25.0 Å². The summed E-state index contributed by atoms with van der Waals surface area (Å²) in [7, 11) is 0. The van der Waals surface area contributed by atoms with Crippen LogP contribution in [-0.2, 0) is 22.4 Å². The summed E-state index contributed by atoms with van der Waals surface area (Å²) in [5, 5.41) is 0.481. The number of thiophene rings is 1. The van der Waals surface area contributed by atoms with Gasteiger partial charge in [-0.2, -0.15) is 0 Å². The highest BCUT2D eigenvalue weighted by Gasteiger charge is 2.27. The number of carbonyl (C=O) groups excluding carboxylic acids is 2. The molecule has 5 nitrogen and oxygen atoms in total. The van der Waals surface area contributed by atoms with Gasteiger partial charge in [0, 0.05) is 29.6 Å². The molecule has 6 heteroatoms. The lowest BCUT2D eigenvalue weighted by atomic mass is 9.98. The Bertz CT molecular complexity index is 841. The van der Waals surface area contributed by atoms with Crippen molar-refractivity contribution in [2.24, 2.45) is 0 Å². The van der Waals surface area contributed by atoms with Crippen molar-refractivity contribution in [2.45, 2.75) is 33.6 Å². The molecule has 1 aromatic heterocycles. The molecule has 1 aliphatic heterocycles. The topological polar surface area (TPSA) is 72.6 Å². The number of ether oxygens (including phenoxy) is 1.